The Labute approximate surface area is 135 Å². The summed E-state index contributed by atoms with van der Waals surface area (Å²) in [7, 11) is 0. The second kappa shape index (κ2) is 15.4. The predicted molar refractivity (Wildman–Crippen MR) is 89.8 cm³/mol. The summed E-state index contributed by atoms with van der Waals surface area (Å²) in [6.45, 7) is 2.93. The van der Waals surface area contributed by atoms with Gasteiger partial charge in [0.15, 0.2) is 0 Å². The van der Waals surface area contributed by atoms with Crippen LogP contribution in [0.2, 0.25) is 0 Å². The zero-order valence-corrected chi connectivity index (χ0v) is 14.0. The number of hydrogen-bond acceptors (Lipinski definition) is 5. The highest BCUT2D eigenvalue weighted by atomic mass is 16.3. The van der Waals surface area contributed by atoms with E-state index >= 15 is 0 Å². The van der Waals surface area contributed by atoms with Crippen molar-refractivity contribution in [3.63, 3.8) is 0 Å². The van der Waals surface area contributed by atoms with E-state index in [9.17, 15) is 10.2 Å². The molecule has 0 radical (unpaired) electrons. The Hall–Kier alpha value is -0.460. The lowest BCUT2D eigenvalue weighted by molar-refractivity contribution is 0.0239. The Bertz CT molecular complexity index is 249. The van der Waals surface area contributed by atoms with Crippen LogP contribution in [0.15, 0.2) is 12.2 Å². The molecule has 4 N–H and O–H groups in total. The molecule has 5 nitrogen and oxygen atoms in total. The number of hydrogen-bond donors (Lipinski definition) is 4. The van der Waals surface area contributed by atoms with Crippen molar-refractivity contribution in [3.8, 4) is 0 Å². The van der Waals surface area contributed by atoms with E-state index in [0.29, 0.717) is 19.6 Å². The standard InChI is InChI=1S/C17H35NO4/c1-2-3-4-5-6-7-8-9-10-11-18(12-16(21)14-19)13-17(22)15-20/h8-9,16-17,19-22H,2-7,10-15H2,1H3/b9-8+. The minimum Gasteiger partial charge on any atom is -0.394 e. The first-order valence-electron chi connectivity index (χ1n) is 8.59. The molecule has 132 valence electrons. The largest absolute Gasteiger partial charge is 0.394 e. The molecule has 0 aliphatic heterocycles. The lowest BCUT2D eigenvalue weighted by Gasteiger charge is -2.25. The average molecular weight is 317 g/mol. The number of aliphatic hydroxyl groups is 4. The first-order chi connectivity index (χ1) is 10.6. The van der Waals surface area contributed by atoms with Gasteiger partial charge in [-0.05, 0) is 19.3 Å². The van der Waals surface area contributed by atoms with Gasteiger partial charge in [-0.25, -0.2) is 0 Å². The van der Waals surface area contributed by atoms with E-state index in [-0.39, 0.29) is 13.2 Å². The molecule has 0 aromatic heterocycles. The van der Waals surface area contributed by atoms with E-state index in [2.05, 4.69) is 19.1 Å². The first-order valence-corrected chi connectivity index (χ1v) is 8.59. The molecular weight excluding hydrogens is 282 g/mol. The van der Waals surface area contributed by atoms with Crippen LogP contribution < -0.4 is 0 Å². The number of allylic oxidation sites excluding steroid dienone is 1. The monoisotopic (exact) mass is 317 g/mol. The zero-order valence-electron chi connectivity index (χ0n) is 14.0. The molecule has 22 heavy (non-hydrogen) atoms. The van der Waals surface area contributed by atoms with Crippen molar-refractivity contribution in [2.24, 2.45) is 0 Å². The molecule has 0 saturated carbocycles. The lowest BCUT2D eigenvalue weighted by Crippen LogP contribution is -2.40. The molecule has 0 spiro atoms. The summed E-state index contributed by atoms with van der Waals surface area (Å²) < 4.78 is 0. The quantitative estimate of drug-likeness (QED) is 0.270. The van der Waals surface area contributed by atoms with Crippen LogP contribution in [0.1, 0.15) is 51.9 Å². The van der Waals surface area contributed by atoms with Gasteiger partial charge >= 0.3 is 0 Å². The SMILES string of the molecule is CCCCCCC/C=C/CCN(CC(O)CO)CC(O)CO. The minimum atomic E-state index is -0.812. The summed E-state index contributed by atoms with van der Waals surface area (Å²) in [6, 6.07) is 0. The Morgan fingerprint density at radius 2 is 1.36 bits per heavy atom. The normalized spacial score (nSPS) is 14.8. The lowest BCUT2D eigenvalue weighted by atomic mass is 10.1. The summed E-state index contributed by atoms with van der Waals surface area (Å²) in [5.74, 6) is 0. The van der Waals surface area contributed by atoms with Crippen LogP contribution in [0.25, 0.3) is 0 Å². The van der Waals surface area contributed by atoms with Gasteiger partial charge in [0, 0.05) is 19.6 Å². The van der Waals surface area contributed by atoms with Crippen molar-refractivity contribution >= 4 is 0 Å². The van der Waals surface area contributed by atoms with Gasteiger partial charge in [0.25, 0.3) is 0 Å². The number of unbranched alkanes of at least 4 members (excludes halogenated alkanes) is 5. The molecular formula is C17H35NO4. The molecule has 0 fully saturated rings. The third-order valence-corrected chi connectivity index (χ3v) is 3.61. The smallest absolute Gasteiger partial charge is 0.0897 e. The molecule has 0 amide bonds. The number of rotatable bonds is 15. The molecule has 2 unspecified atom stereocenters. The molecule has 0 bridgehead atoms. The molecule has 0 saturated heterocycles. The fraction of sp³-hybridized carbons (Fsp3) is 0.882. The maximum Gasteiger partial charge on any atom is 0.0897 e. The molecule has 0 rings (SSSR count). The van der Waals surface area contributed by atoms with E-state index in [1.807, 2.05) is 4.90 Å². The Balaban J connectivity index is 3.85. The fourth-order valence-corrected chi connectivity index (χ4v) is 2.33. The van der Waals surface area contributed by atoms with E-state index in [1.54, 1.807) is 0 Å². The van der Waals surface area contributed by atoms with E-state index in [1.165, 1.54) is 32.1 Å². The van der Waals surface area contributed by atoms with Crippen molar-refractivity contribution in [2.75, 3.05) is 32.8 Å². The Morgan fingerprint density at radius 3 is 1.91 bits per heavy atom. The second-order valence-corrected chi connectivity index (χ2v) is 5.90. The molecule has 0 aliphatic rings. The molecule has 0 aliphatic carbocycles. The van der Waals surface area contributed by atoms with Gasteiger partial charge in [-0.15, -0.1) is 0 Å². The van der Waals surface area contributed by atoms with Crippen LogP contribution in [-0.4, -0.2) is 70.4 Å². The summed E-state index contributed by atoms with van der Waals surface area (Å²) >= 11 is 0. The molecule has 0 aromatic carbocycles. The van der Waals surface area contributed by atoms with Crippen LogP contribution in [0.5, 0.6) is 0 Å². The summed E-state index contributed by atoms with van der Waals surface area (Å²) in [5, 5.41) is 36.8. The Morgan fingerprint density at radius 1 is 0.818 bits per heavy atom. The van der Waals surface area contributed by atoms with Gasteiger partial charge in [0.2, 0.25) is 0 Å². The molecule has 0 aromatic rings. The van der Waals surface area contributed by atoms with Crippen molar-refractivity contribution in [3.05, 3.63) is 12.2 Å². The summed E-state index contributed by atoms with van der Waals surface area (Å²) in [5.41, 5.74) is 0. The third kappa shape index (κ3) is 13.2. The van der Waals surface area contributed by atoms with E-state index < -0.39 is 12.2 Å². The van der Waals surface area contributed by atoms with Gasteiger partial charge in [-0.3, -0.25) is 4.90 Å². The van der Waals surface area contributed by atoms with Crippen molar-refractivity contribution in [2.45, 2.75) is 64.1 Å². The highest BCUT2D eigenvalue weighted by Gasteiger charge is 2.14. The highest BCUT2D eigenvalue weighted by molar-refractivity contribution is 4.83. The molecule has 5 heteroatoms. The third-order valence-electron chi connectivity index (χ3n) is 3.61. The topological polar surface area (TPSA) is 84.2 Å². The van der Waals surface area contributed by atoms with Gasteiger partial charge in [0.05, 0.1) is 25.4 Å². The fourth-order valence-electron chi connectivity index (χ4n) is 2.33. The van der Waals surface area contributed by atoms with Gasteiger partial charge in [0.1, 0.15) is 0 Å². The average Bonchev–Trinajstić information content (AvgIpc) is 2.52. The minimum absolute atomic E-state index is 0.292. The van der Waals surface area contributed by atoms with Crippen LogP contribution in [0.3, 0.4) is 0 Å². The van der Waals surface area contributed by atoms with Gasteiger partial charge in [-0.2, -0.15) is 0 Å². The Kier molecular flexibility index (Phi) is 15.1. The zero-order chi connectivity index (χ0) is 16.6. The van der Waals surface area contributed by atoms with Crippen LogP contribution in [-0.2, 0) is 0 Å². The van der Waals surface area contributed by atoms with E-state index in [4.69, 9.17) is 10.2 Å². The summed E-state index contributed by atoms with van der Waals surface area (Å²) in [4.78, 5) is 1.87. The van der Waals surface area contributed by atoms with Crippen LogP contribution >= 0.6 is 0 Å². The van der Waals surface area contributed by atoms with Crippen LogP contribution in [0, 0.1) is 0 Å². The van der Waals surface area contributed by atoms with Crippen LogP contribution in [0.4, 0.5) is 0 Å². The predicted octanol–water partition coefficient (Wildman–Crippen LogP) is 1.30. The summed E-state index contributed by atoms with van der Waals surface area (Å²) in [6.07, 6.45) is 11.1. The van der Waals surface area contributed by atoms with Gasteiger partial charge < -0.3 is 20.4 Å². The number of aliphatic hydroxyl groups excluding tert-OH is 4. The molecule has 2 atom stereocenters. The second-order valence-electron chi connectivity index (χ2n) is 5.90. The van der Waals surface area contributed by atoms with Crippen molar-refractivity contribution in [1.82, 2.24) is 4.90 Å². The maximum absolute atomic E-state index is 9.50. The molecule has 0 heterocycles. The number of nitrogens with zero attached hydrogens (tertiary/aromatic N) is 1. The van der Waals surface area contributed by atoms with Crippen molar-refractivity contribution in [1.29, 1.82) is 0 Å². The maximum atomic E-state index is 9.50. The first kappa shape index (κ1) is 21.5. The van der Waals surface area contributed by atoms with Crippen molar-refractivity contribution < 1.29 is 20.4 Å². The highest BCUT2D eigenvalue weighted by Crippen LogP contribution is 2.06. The van der Waals surface area contributed by atoms with Gasteiger partial charge in [-0.1, -0.05) is 44.8 Å². The van der Waals surface area contributed by atoms with E-state index in [0.717, 1.165) is 12.8 Å².